The van der Waals surface area contributed by atoms with Gasteiger partial charge in [-0.05, 0) is 37.1 Å². The Labute approximate surface area is 149 Å². The Morgan fingerprint density at radius 2 is 2.04 bits per heavy atom. The van der Waals surface area contributed by atoms with E-state index in [-0.39, 0.29) is 22.4 Å². The number of rotatable bonds is 7. The number of nitrogens with zero attached hydrogens (tertiary/aromatic N) is 1. The number of carbonyl (C=O) groups is 1. The molecule has 0 spiro atoms. The molecule has 3 N–H and O–H groups in total. The maximum Gasteiger partial charge on any atom is 0.271 e. The summed E-state index contributed by atoms with van der Waals surface area (Å²) >= 11 is 6.08. The van der Waals surface area contributed by atoms with Crippen molar-refractivity contribution in [3.63, 3.8) is 0 Å². The molecule has 2 aromatic rings. The van der Waals surface area contributed by atoms with Gasteiger partial charge in [0.15, 0.2) is 0 Å². The first-order valence-electron chi connectivity index (χ1n) is 7.64. The van der Waals surface area contributed by atoms with Crippen LogP contribution in [-0.2, 0) is 0 Å². The fourth-order valence-electron chi connectivity index (χ4n) is 2.31. The van der Waals surface area contributed by atoms with E-state index >= 15 is 0 Å². The quantitative estimate of drug-likeness (QED) is 0.397. The van der Waals surface area contributed by atoms with Crippen molar-refractivity contribution in [1.29, 1.82) is 0 Å². The summed E-state index contributed by atoms with van der Waals surface area (Å²) in [5, 5.41) is 26.3. The molecule has 1 amide bonds. The molecule has 0 heterocycles. The number of nitrogens with one attached hydrogen (secondary N) is 2. The second kappa shape index (κ2) is 8.34. The number of nitro groups is 1. The largest absolute Gasteiger partial charge is 0.508 e. The van der Waals surface area contributed by atoms with Crippen LogP contribution in [0.4, 0.5) is 11.4 Å². The van der Waals surface area contributed by atoms with Gasteiger partial charge in [0, 0.05) is 30.8 Å². The minimum Gasteiger partial charge on any atom is -0.508 e. The Morgan fingerprint density at radius 1 is 1.28 bits per heavy atom. The number of hydrogen-bond donors (Lipinski definition) is 3. The van der Waals surface area contributed by atoms with Gasteiger partial charge in [0.05, 0.1) is 15.6 Å². The van der Waals surface area contributed by atoms with Gasteiger partial charge in [0.25, 0.3) is 11.6 Å². The van der Waals surface area contributed by atoms with E-state index in [4.69, 9.17) is 11.6 Å². The molecule has 2 aromatic carbocycles. The van der Waals surface area contributed by atoms with E-state index in [1.54, 1.807) is 19.1 Å². The molecule has 0 atom stereocenters. The maximum absolute atomic E-state index is 11.9. The molecule has 132 valence electrons. The molecule has 2 rings (SSSR count). The topological polar surface area (TPSA) is 105 Å². The number of aryl methyl sites for hydroxylation is 1. The van der Waals surface area contributed by atoms with E-state index in [9.17, 15) is 20.0 Å². The van der Waals surface area contributed by atoms with Crippen molar-refractivity contribution in [3.8, 4) is 5.75 Å². The molecule has 0 radical (unpaired) electrons. The summed E-state index contributed by atoms with van der Waals surface area (Å²) in [5.74, 6) is -0.224. The Bertz CT molecular complexity index is 772. The van der Waals surface area contributed by atoms with Gasteiger partial charge in [0.2, 0.25) is 0 Å². The average Bonchev–Trinajstić information content (AvgIpc) is 2.56. The summed E-state index contributed by atoms with van der Waals surface area (Å²) in [6, 6.07) is 8.88. The molecule has 0 saturated carbocycles. The predicted octanol–water partition coefficient (Wildman–Crippen LogP) is 3.49. The third-order valence-electron chi connectivity index (χ3n) is 3.53. The fourth-order valence-corrected chi connectivity index (χ4v) is 2.64. The normalized spacial score (nSPS) is 10.3. The molecule has 8 heteroatoms. The molecule has 25 heavy (non-hydrogen) atoms. The highest BCUT2D eigenvalue weighted by molar-refractivity contribution is 6.33. The molecule has 0 aliphatic heterocycles. The Balaban J connectivity index is 1.82. The summed E-state index contributed by atoms with van der Waals surface area (Å²) < 4.78 is 0. The van der Waals surface area contributed by atoms with Gasteiger partial charge < -0.3 is 15.7 Å². The lowest BCUT2D eigenvalue weighted by Crippen LogP contribution is -2.25. The molecule has 7 nitrogen and oxygen atoms in total. The molecule has 0 bridgehead atoms. The van der Waals surface area contributed by atoms with Crippen LogP contribution in [0.1, 0.15) is 22.3 Å². The number of carbonyl (C=O) groups excluding carboxylic acids is 1. The average molecular weight is 364 g/mol. The molecular weight excluding hydrogens is 346 g/mol. The second-order valence-electron chi connectivity index (χ2n) is 5.46. The first kappa shape index (κ1) is 18.5. The van der Waals surface area contributed by atoms with Crippen LogP contribution < -0.4 is 10.6 Å². The van der Waals surface area contributed by atoms with Gasteiger partial charge in [-0.3, -0.25) is 14.9 Å². The third kappa shape index (κ3) is 5.09. The zero-order chi connectivity index (χ0) is 18.4. The van der Waals surface area contributed by atoms with Crippen molar-refractivity contribution in [2.24, 2.45) is 0 Å². The third-order valence-corrected chi connectivity index (χ3v) is 3.83. The van der Waals surface area contributed by atoms with Crippen LogP contribution in [0.3, 0.4) is 0 Å². The molecule has 0 aromatic heterocycles. The molecule has 0 unspecified atom stereocenters. The highest BCUT2D eigenvalue weighted by Gasteiger charge is 2.13. The smallest absolute Gasteiger partial charge is 0.271 e. The molecule has 0 aliphatic rings. The summed E-state index contributed by atoms with van der Waals surface area (Å²) in [5.41, 5.74) is 1.67. The Hall–Kier alpha value is -2.80. The van der Waals surface area contributed by atoms with Crippen molar-refractivity contribution < 1.29 is 14.8 Å². The fraction of sp³-hybridized carbons (Fsp3) is 0.235. The molecule has 0 aliphatic carbocycles. The Kier molecular flexibility index (Phi) is 6.19. The van der Waals surface area contributed by atoms with Crippen LogP contribution in [0.15, 0.2) is 36.4 Å². The lowest BCUT2D eigenvalue weighted by atomic mass is 10.1. The van der Waals surface area contributed by atoms with Crippen molar-refractivity contribution in [3.05, 3.63) is 62.7 Å². The standard InChI is InChI=1S/C17H18ClN3O4/c1-11-8-13(21(24)25)10-15(18)16(11)19-6-3-7-20-17(23)12-4-2-5-14(22)9-12/h2,4-5,8-10,19,22H,3,6-7H2,1H3,(H,20,23). The number of halogens is 1. The number of phenols is 1. The van der Waals surface area contributed by atoms with Crippen LogP contribution in [-0.4, -0.2) is 29.0 Å². The number of nitro benzene ring substituents is 1. The van der Waals surface area contributed by atoms with Gasteiger partial charge in [-0.25, -0.2) is 0 Å². The summed E-state index contributed by atoms with van der Waals surface area (Å²) in [6.45, 7) is 2.72. The number of hydrogen-bond acceptors (Lipinski definition) is 5. The number of non-ortho nitro benzene ring substituents is 1. The van der Waals surface area contributed by atoms with Gasteiger partial charge in [0.1, 0.15) is 5.75 Å². The van der Waals surface area contributed by atoms with Gasteiger partial charge in [-0.2, -0.15) is 0 Å². The van der Waals surface area contributed by atoms with E-state index in [0.717, 1.165) is 0 Å². The van der Waals surface area contributed by atoms with Gasteiger partial charge >= 0.3 is 0 Å². The summed E-state index contributed by atoms with van der Waals surface area (Å²) in [6.07, 6.45) is 0.636. The number of aromatic hydroxyl groups is 1. The van der Waals surface area contributed by atoms with Crippen LogP contribution in [0.2, 0.25) is 5.02 Å². The number of amides is 1. The maximum atomic E-state index is 11.9. The number of phenolic OH excluding ortho intramolecular Hbond substituents is 1. The SMILES string of the molecule is Cc1cc([N+](=O)[O-])cc(Cl)c1NCCCNC(=O)c1cccc(O)c1. The number of benzene rings is 2. The summed E-state index contributed by atoms with van der Waals surface area (Å²) in [4.78, 5) is 22.2. The number of anilines is 1. The first-order chi connectivity index (χ1) is 11.9. The van der Waals surface area contributed by atoms with Gasteiger partial charge in [-0.15, -0.1) is 0 Å². The minimum absolute atomic E-state index is 0.0394. The first-order valence-corrected chi connectivity index (χ1v) is 8.02. The molecular formula is C17H18ClN3O4. The molecule has 0 saturated heterocycles. The van der Waals surface area contributed by atoms with E-state index in [0.29, 0.717) is 36.3 Å². The highest BCUT2D eigenvalue weighted by Crippen LogP contribution is 2.30. The van der Waals surface area contributed by atoms with Crippen LogP contribution >= 0.6 is 11.6 Å². The molecule has 0 fully saturated rings. The minimum atomic E-state index is -0.487. The van der Waals surface area contributed by atoms with Crippen LogP contribution in [0.5, 0.6) is 5.75 Å². The van der Waals surface area contributed by atoms with E-state index in [1.807, 2.05) is 0 Å². The zero-order valence-electron chi connectivity index (χ0n) is 13.6. The highest BCUT2D eigenvalue weighted by atomic mass is 35.5. The van der Waals surface area contributed by atoms with E-state index in [1.165, 1.54) is 24.3 Å². The zero-order valence-corrected chi connectivity index (χ0v) is 14.3. The van der Waals surface area contributed by atoms with Crippen molar-refractivity contribution in [2.45, 2.75) is 13.3 Å². The van der Waals surface area contributed by atoms with Crippen LogP contribution in [0.25, 0.3) is 0 Å². The van der Waals surface area contributed by atoms with Crippen molar-refractivity contribution in [2.75, 3.05) is 18.4 Å². The lowest BCUT2D eigenvalue weighted by molar-refractivity contribution is -0.384. The predicted molar refractivity (Wildman–Crippen MR) is 96.4 cm³/mol. The van der Waals surface area contributed by atoms with Crippen molar-refractivity contribution in [1.82, 2.24) is 5.32 Å². The van der Waals surface area contributed by atoms with Crippen LogP contribution in [0, 0.1) is 17.0 Å². The lowest BCUT2D eigenvalue weighted by Gasteiger charge is -2.12. The summed E-state index contributed by atoms with van der Waals surface area (Å²) in [7, 11) is 0. The Morgan fingerprint density at radius 3 is 2.68 bits per heavy atom. The van der Waals surface area contributed by atoms with E-state index in [2.05, 4.69) is 10.6 Å². The van der Waals surface area contributed by atoms with E-state index < -0.39 is 4.92 Å². The van der Waals surface area contributed by atoms with Gasteiger partial charge in [-0.1, -0.05) is 17.7 Å². The second-order valence-corrected chi connectivity index (χ2v) is 5.87. The van der Waals surface area contributed by atoms with Crippen molar-refractivity contribution >= 4 is 28.9 Å². The monoisotopic (exact) mass is 363 g/mol.